The summed E-state index contributed by atoms with van der Waals surface area (Å²) in [5.74, 6) is 0. The molecule has 14 heavy (non-hydrogen) atoms. The summed E-state index contributed by atoms with van der Waals surface area (Å²) in [5.41, 5.74) is 0.663. The van der Waals surface area contributed by atoms with E-state index in [1.54, 1.807) is 24.3 Å². The molecule has 1 aliphatic heterocycles. The molecule has 4 nitrogen and oxygen atoms in total. The summed E-state index contributed by atoms with van der Waals surface area (Å²) in [6.07, 6.45) is 0. The van der Waals surface area contributed by atoms with E-state index in [0.717, 1.165) is 0 Å². The highest BCUT2D eigenvalue weighted by Gasteiger charge is 2.21. The second-order valence-corrected chi connectivity index (χ2v) is 4.23. The number of benzene rings is 1. The van der Waals surface area contributed by atoms with Gasteiger partial charge in [-0.3, -0.25) is 0 Å². The summed E-state index contributed by atoms with van der Waals surface area (Å²) in [7, 11) is -3.25. The molecule has 0 aliphatic carbocycles. The molecular weight excluding hydrogens is 200 g/mol. The van der Waals surface area contributed by atoms with Crippen LogP contribution in [0.2, 0.25) is 0 Å². The molecule has 2 N–H and O–H groups in total. The van der Waals surface area contributed by atoms with Gasteiger partial charge in [-0.05, 0) is 12.1 Å². The van der Waals surface area contributed by atoms with E-state index in [2.05, 4.69) is 10.0 Å². The van der Waals surface area contributed by atoms with E-state index < -0.39 is 10.0 Å². The molecule has 1 heterocycles. The Morgan fingerprint density at radius 2 is 1.86 bits per heavy atom. The topological polar surface area (TPSA) is 58.2 Å². The average molecular weight is 214 g/mol. The van der Waals surface area contributed by atoms with E-state index in [4.69, 9.17) is 0 Å². The lowest BCUT2D eigenvalue weighted by Crippen LogP contribution is -2.34. The normalized spacial score (nSPS) is 17.0. The SMILES string of the molecule is CC.O=S1(=O)NCNc2ccccc21. The maximum absolute atomic E-state index is 11.3. The van der Waals surface area contributed by atoms with Crippen LogP contribution in [0.3, 0.4) is 0 Å². The lowest BCUT2D eigenvalue weighted by Gasteiger charge is -2.18. The first-order valence-electron chi connectivity index (χ1n) is 4.53. The van der Waals surface area contributed by atoms with Crippen LogP contribution in [0.25, 0.3) is 0 Å². The molecule has 1 aromatic rings. The molecule has 0 atom stereocenters. The van der Waals surface area contributed by atoms with Crippen molar-refractivity contribution in [1.82, 2.24) is 4.72 Å². The molecule has 0 spiro atoms. The predicted molar refractivity (Wildman–Crippen MR) is 56.6 cm³/mol. The maximum atomic E-state index is 11.3. The average Bonchev–Trinajstić information content (AvgIpc) is 2.21. The summed E-state index contributed by atoms with van der Waals surface area (Å²) in [6.45, 7) is 4.26. The first kappa shape index (κ1) is 11.0. The highest BCUT2D eigenvalue weighted by atomic mass is 32.2. The fourth-order valence-corrected chi connectivity index (χ4v) is 2.26. The van der Waals surface area contributed by atoms with Gasteiger partial charge in [0, 0.05) is 0 Å². The van der Waals surface area contributed by atoms with Crippen LogP contribution >= 0.6 is 0 Å². The second kappa shape index (κ2) is 4.43. The molecule has 0 unspecified atom stereocenters. The molecule has 78 valence electrons. The predicted octanol–water partition coefficient (Wildman–Crippen LogP) is 1.37. The third kappa shape index (κ3) is 2.05. The molecule has 0 fully saturated rings. The molecule has 0 bridgehead atoms. The van der Waals surface area contributed by atoms with E-state index in [-0.39, 0.29) is 6.67 Å². The van der Waals surface area contributed by atoms with Crippen molar-refractivity contribution < 1.29 is 8.42 Å². The highest BCUT2D eigenvalue weighted by molar-refractivity contribution is 7.89. The van der Waals surface area contributed by atoms with Gasteiger partial charge >= 0.3 is 0 Å². The molecule has 0 radical (unpaired) electrons. The van der Waals surface area contributed by atoms with Crippen LogP contribution < -0.4 is 10.0 Å². The lowest BCUT2D eigenvalue weighted by atomic mass is 10.3. The monoisotopic (exact) mass is 214 g/mol. The third-order valence-corrected chi connectivity index (χ3v) is 3.18. The zero-order chi connectivity index (χ0) is 10.6. The minimum Gasteiger partial charge on any atom is -0.370 e. The van der Waals surface area contributed by atoms with Gasteiger partial charge in [0.2, 0.25) is 10.0 Å². The minimum absolute atomic E-state index is 0.263. The molecule has 0 saturated carbocycles. The number of nitrogens with one attached hydrogen (secondary N) is 2. The van der Waals surface area contributed by atoms with Crippen LogP contribution in [0.5, 0.6) is 0 Å². The van der Waals surface area contributed by atoms with Gasteiger partial charge in [-0.2, -0.15) is 4.72 Å². The Bertz CT molecular complexity index is 401. The van der Waals surface area contributed by atoms with Crippen molar-refractivity contribution >= 4 is 15.7 Å². The van der Waals surface area contributed by atoms with Gasteiger partial charge in [0.25, 0.3) is 0 Å². The molecule has 1 aliphatic rings. The molecule has 1 aromatic carbocycles. The summed E-state index contributed by atoms with van der Waals surface area (Å²) < 4.78 is 25.0. The number of hydrogen-bond donors (Lipinski definition) is 2. The van der Waals surface area contributed by atoms with Crippen LogP contribution in [0.1, 0.15) is 13.8 Å². The number of sulfonamides is 1. The summed E-state index contributed by atoms with van der Waals surface area (Å²) in [5, 5.41) is 2.93. The number of hydrogen-bond acceptors (Lipinski definition) is 3. The Morgan fingerprint density at radius 1 is 1.21 bits per heavy atom. The molecule has 0 amide bonds. The number of anilines is 1. The Morgan fingerprint density at radius 3 is 2.50 bits per heavy atom. The van der Waals surface area contributed by atoms with Gasteiger partial charge in [-0.15, -0.1) is 0 Å². The molecule has 0 aromatic heterocycles. The van der Waals surface area contributed by atoms with Crippen LogP contribution in [0, 0.1) is 0 Å². The van der Waals surface area contributed by atoms with Crippen molar-refractivity contribution in [2.24, 2.45) is 0 Å². The molecule has 5 heteroatoms. The number of fused-ring (bicyclic) bond motifs is 1. The fourth-order valence-electron chi connectivity index (χ4n) is 1.15. The maximum Gasteiger partial charge on any atom is 0.244 e. The van der Waals surface area contributed by atoms with E-state index >= 15 is 0 Å². The molecule has 0 saturated heterocycles. The summed E-state index contributed by atoms with van der Waals surface area (Å²) in [6, 6.07) is 6.81. The third-order valence-electron chi connectivity index (χ3n) is 1.72. The molecular formula is C9H14N2O2S. The standard InChI is InChI=1S/C7H8N2O2S.C2H6/c10-12(11)7-4-2-1-3-6(7)8-5-9-12;1-2/h1-4,8-9H,5H2;1-2H3. The van der Waals surface area contributed by atoms with Crippen molar-refractivity contribution in [2.75, 3.05) is 12.0 Å². The molecule has 2 rings (SSSR count). The quantitative estimate of drug-likeness (QED) is 0.686. The number of para-hydroxylation sites is 1. The Kier molecular flexibility index (Phi) is 3.49. The van der Waals surface area contributed by atoms with Gasteiger partial charge in [0.05, 0.1) is 12.4 Å². The van der Waals surface area contributed by atoms with Gasteiger partial charge < -0.3 is 5.32 Å². The lowest BCUT2D eigenvalue weighted by molar-refractivity contribution is 0.581. The summed E-state index contributed by atoms with van der Waals surface area (Å²) in [4.78, 5) is 0.316. The Hall–Kier alpha value is -1.07. The van der Waals surface area contributed by atoms with Crippen molar-refractivity contribution in [1.29, 1.82) is 0 Å². The minimum atomic E-state index is -3.25. The fraction of sp³-hybridized carbons (Fsp3) is 0.333. The van der Waals surface area contributed by atoms with Crippen molar-refractivity contribution in [3.05, 3.63) is 24.3 Å². The largest absolute Gasteiger partial charge is 0.370 e. The smallest absolute Gasteiger partial charge is 0.244 e. The zero-order valence-electron chi connectivity index (χ0n) is 8.24. The summed E-state index contributed by atoms with van der Waals surface area (Å²) >= 11 is 0. The van der Waals surface area contributed by atoms with Crippen LogP contribution in [0.15, 0.2) is 29.2 Å². The Labute approximate surface area is 84.4 Å². The second-order valence-electron chi connectivity index (χ2n) is 2.50. The van der Waals surface area contributed by atoms with Gasteiger partial charge in [-0.1, -0.05) is 26.0 Å². The first-order chi connectivity index (χ1) is 6.70. The van der Waals surface area contributed by atoms with Crippen molar-refractivity contribution in [3.63, 3.8) is 0 Å². The van der Waals surface area contributed by atoms with E-state index in [1.165, 1.54) is 0 Å². The van der Waals surface area contributed by atoms with E-state index in [9.17, 15) is 8.42 Å². The zero-order valence-corrected chi connectivity index (χ0v) is 9.06. The van der Waals surface area contributed by atoms with Gasteiger partial charge in [0.1, 0.15) is 4.90 Å². The first-order valence-corrected chi connectivity index (χ1v) is 6.01. The van der Waals surface area contributed by atoms with Gasteiger partial charge in [-0.25, -0.2) is 8.42 Å². The van der Waals surface area contributed by atoms with Crippen LogP contribution in [-0.4, -0.2) is 15.1 Å². The van der Waals surface area contributed by atoms with Crippen LogP contribution in [0.4, 0.5) is 5.69 Å². The van der Waals surface area contributed by atoms with Crippen molar-refractivity contribution in [2.45, 2.75) is 18.7 Å². The van der Waals surface area contributed by atoms with Crippen molar-refractivity contribution in [3.8, 4) is 0 Å². The van der Waals surface area contributed by atoms with Crippen LogP contribution in [-0.2, 0) is 10.0 Å². The van der Waals surface area contributed by atoms with Gasteiger partial charge in [0.15, 0.2) is 0 Å². The van der Waals surface area contributed by atoms with E-state index in [1.807, 2.05) is 13.8 Å². The Balaban J connectivity index is 0.000000461. The number of rotatable bonds is 0. The van der Waals surface area contributed by atoms with E-state index in [0.29, 0.717) is 10.6 Å². The highest BCUT2D eigenvalue weighted by Crippen LogP contribution is 2.22.